The molecule has 2 atom stereocenters. The number of nitrogens with two attached hydrogens (primary N) is 1. The number of ether oxygens (including phenoxy) is 1. The summed E-state index contributed by atoms with van der Waals surface area (Å²) in [6.45, 7) is 0.463. The molecular weight excluding hydrogens is 306 g/mol. The third-order valence-electron chi connectivity index (χ3n) is 3.58. The van der Waals surface area contributed by atoms with Crippen LogP contribution in [0.1, 0.15) is 28.6 Å². The number of nitrogens with one attached hydrogen (secondary N) is 1. The summed E-state index contributed by atoms with van der Waals surface area (Å²) in [7, 11) is 0. The van der Waals surface area contributed by atoms with Gasteiger partial charge >= 0.3 is 0 Å². The second kappa shape index (κ2) is 6.25. The summed E-state index contributed by atoms with van der Waals surface area (Å²) in [6.07, 6.45) is 2.91. The maximum atomic E-state index is 13.4. The second-order valence-electron chi connectivity index (χ2n) is 5.16. The van der Waals surface area contributed by atoms with Crippen molar-refractivity contribution in [3.63, 3.8) is 0 Å². The third kappa shape index (κ3) is 3.26. The fourth-order valence-electron chi connectivity index (χ4n) is 2.50. The third-order valence-corrected chi connectivity index (χ3v) is 3.58. The van der Waals surface area contributed by atoms with Crippen molar-refractivity contribution in [1.29, 1.82) is 0 Å². The minimum atomic E-state index is -0.924. The summed E-state index contributed by atoms with van der Waals surface area (Å²) < 4.78 is 32.1. The van der Waals surface area contributed by atoms with Gasteiger partial charge in [0.15, 0.2) is 11.6 Å². The fraction of sp³-hybridized carbons (Fsp3) is 0.267. The predicted octanol–water partition coefficient (Wildman–Crippen LogP) is 1.80. The van der Waals surface area contributed by atoms with Crippen LogP contribution >= 0.6 is 0 Å². The van der Waals surface area contributed by atoms with Gasteiger partial charge in [-0.1, -0.05) is 6.07 Å². The molecule has 2 aromatic rings. The molecule has 2 unspecified atom stereocenters. The number of rotatable bonds is 4. The van der Waals surface area contributed by atoms with E-state index in [0.29, 0.717) is 24.4 Å². The Morgan fingerprint density at radius 2 is 2.13 bits per heavy atom. The zero-order valence-corrected chi connectivity index (χ0v) is 12.0. The first-order chi connectivity index (χ1) is 11.0. The van der Waals surface area contributed by atoms with Gasteiger partial charge in [0, 0.05) is 6.61 Å². The Kier molecular flexibility index (Phi) is 4.16. The number of benzene rings is 1. The molecule has 1 aromatic carbocycles. The molecule has 3 rings (SSSR count). The van der Waals surface area contributed by atoms with Gasteiger partial charge in [-0.05, 0) is 24.1 Å². The molecule has 23 heavy (non-hydrogen) atoms. The Morgan fingerprint density at radius 3 is 2.87 bits per heavy atom. The maximum absolute atomic E-state index is 13.4. The Labute approximate surface area is 130 Å². The van der Waals surface area contributed by atoms with Crippen LogP contribution < -0.4 is 11.1 Å². The maximum Gasteiger partial charge on any atom is 0.268 e. The minimum Gasteiger partial charge on any atom is -0.371 e. The molecule has 0 radical (unpaired) electrons. The quantitative estimate of drug-likeness (QED) is 0.896. The summed E-state index contributed by atoms with van der Waals surface area (Å²) in [5.74, 6) is -2.14. The zero-order chi connectivity index (χ0) is 16.4. The van der Waals surface area contributed by atoms with Crippen LogP contribution in [0.15, 0.2) is 30.6 Å². The molecular formula is C15H14F2N4O2. The lowest BCUT2D eigenvalue weighted by Gasteiger charge is -2.20. The van der Waals surface area contributed by atoms with Gasteiger partial charge in [-0.25, -0.2) is 13.8 Å². The molecule has 1 amide bonds. The van der Waals surface area contributed by atoms with E-state index in [1.807, 2.05) is 0 Å². The summed E-state index contributed by atoms with van der Waals surface area (Å²) in [4.78, 5) is 19.1. The number of nitrogens with zero attached hydrogens (tertiary/aromatic N) is 2. The van der Waals surface area contributed by atoms with Crippen molar-refractivity contribution in [2.24, 2.45) is 5.73 Å². The number of amides is 1. The molecule has 1 aliphatic heterocycles. The lowest BCUT2D eigenvalue weighted by atomic mass is 10.0. The lowest BCUT2D eigenvalue weighted by Crippen LogP contribution is -2.25. The van der Waals surface area contributed by atoms with Gasteiger partial charge in [0.1, 0.15) is 17.6 Å². The van der Waals surface area contributed by atoms with Crippen molar-refractivity contribution in [2.45, 2.75) is 18.6 Å². The average molecular weight is 320 g/mol. The van der Waals surface area contributed by atoms with Crippen molar-refractivity contribution in [2.75, 3.05) is 11.9 Å². The SMILES string of the molecule is NC(=O)c1cncc(NC2CCOC2c2ccc(F)c(F)c2)n1. The molecule has 8 heteroatoms. The van der Waals surface area contributed by atoms with Gasteiger partial charge in [-0.2, -0.15) is 0 Å². The van der Waals surface area contributed by atoms with Gasteiger partial charge in [0.25, 0.3) is 5.91 Å². The summed E-state index contributed by atoms with van der Waals surface area (Å²) >= 11 is 0. The molecule has 1 aliphatic rings. The van der Waals surface area contributed by atoms with E-state index in [9.17, 15) is 13.6 Å². The monoisotopic (exact) mass is 320 g/mol. The highest BCUT2D eigenvalue weighted by Gasteiger charge is 2.30. The molecule has 6 nitrogen and oxygen atoms in total. The van der Waals surface area contributed by atoms with Crippen LogP contribution in [0, 0.1) is 11.6 Å². The van der Waals surface area contributed by atoms with Gasteiger partial charge in [-0.15, -0.1) is 0 Å². The van der Waals surface area contributed by atoms with Gasteiger partial charge < -0.3 is 15.8 Å². The van der Waals surface area contributed by atoms with Crippen LogP contribution in [0.3, 0.4) is 0 Å². The smallest absolute Gasteiger partial charge is 0.268 e. The molecule has 1 fully saturated rings. The van der Waals surface area contributed by atoms with E-state index in [0.717, 1.165) is 12.1 Å². The fourth-order valence-corrected chi connectivity index (χ4v) is 2.50. The Balaban J connectivity index is 1.80. The molecule has 0 saturated carbocycles. The number of carbonyl (C=O) groups is 1. The van der Waals surface area contributed by atoms with E-state index in [2.05, 4.69) is 15.3 Å². The first-order valence-electron chi connectivity index (χ1n) is 6.99. The molecule has 1 saturated heterocycles. The zero-order valence-electron chi connectivity index (χ0n) is 12.0. The van der Waals surface area contributed by atoms with Crippen LogP contribution in [-0.4, -0.2) is 28.5 Å². The van der Waals surface area contributed by atoms with E-state index in [1.165, 1.54) is 18.5 Å². The molecule has 120 valence electrons. The normalized spacial score (nSPS) is 20.4. The van der Waals surface area contributed by atoms with Crippen LogP contribution in [-0.2, 0) is 4.74 Å². The largest absolute Gasteiger partial charge is 0.371 e. The lowest BCUT2D eigenvalue weighted by molar-refractivity contribution is 0.0995. The topological polar surface area (TPSA) is 90.1 Å². The van der Waals surface area contributed by atoms with E-state index < -0.39 is 23.6 Å². The molecule has 3 N–H and O–H groups in total. The summed E-state index contributed by atoms with van der Waals surface area (Å²) in [5, 5.41) is 3.10. The first-order valence-corrected chi connectivity index (χ1v) is 6.99. The highest BCUT2D eigenvalue weighted by atomic mass is 19.2. The van der Waals surface area contributed by atoms with E-state index in [-0.39, 0.29) is 11.7 Å². The molecule has 0 aliphatic carbocycles. The number of hydrogen-bond acceptors (Lipinski definition) is 5. The molecule has 0 bridgehead atoms. The van der Waals surface area contributed by atoms with Crippen molar-refractivity contribution in [1.82, 2.24) is 9.97 Å². The van der Waals surface area contributed by atoms with E-state index in [4.69, 9.17) is 10.5 Å². The Morgan fingerprint density at radius 1 is 1.30 bits per heavy atom. The van der Waals surface area contributed by atoms with Gasteiger partial charge in [-0.3, -0.25) is 9.78 Å². The van der Waals surface area contributed by atoms with E-state index >= 15 is 0 Å². The molecule has 0 spiro atoms. The Bertz CT molecular complexity index is 741. The van der Waals surface area contributed by atoms with Crippen LogP contribution in [0.25, 0.3) is 0 Å². The first kappa shape index (κ1) is 15.3. The highest BCUT2D eigenvalue weighted by Crippen LogP contribution is 2.31. The minimum absolute atomic E-state index is 0.0401. The summed E-state index contributed by atoms with van der Waals surface area (Å²) in [6, 6.07) is 3.45. The van der Waals surface area contributed by atoms with Crippen molar-refractivity contribution >= 4 is 11.7 Å². The van der Waals surface area contributed by atoms with Crippen LogP contribution in [0.4, 0.5) is 14.6 Å². The Hall–Kier alpha value is -2.61. The van der Waals surface area contributed by atoms with Crippen LogP contribution in [0.5, 0.6) is 0 Å². The molecule has 2 heterocycles. The van der Waals surface area contributed by atoms with Gasteiger partial charge in [0.05, 0.1) is 18.4 Å². The van der Waals surface area contributed by atoms with E-state index in [1.54, 1.807) is 0 Å². The van der Waals surface area contributed by atoms with Crippen molar-refractivity contribution in [3.8, 4) is 0 Å². The van der Waals surface area contributed by atoms with Gasteiger partial charge in [0.2, 0.25) is 0 Å². The van der Waals surface area contributed by atoms with Crippen LogP contribution in [0.2, 0.25) is 0 Å². The molecule has 1 aromatic heterocycles. The number of halogens is 2. The number of carbonyl (C=O) groups excluding carboxylic acids is 1. The second-order valence-corrected chi connectivity index (χ2v) is 5.16. The van der Waals surface area contributed by atoms with Crippen molar-refractivity contribution < 1.29 is 18.3 Å². The predicted molar refractivity (Wildman–Crippen MR) is 77.6 cm³/mol. The number of primary amides is 1. The van der Waals surface area contributed by atoms with Crippen molar-refractivity contribution in [3.05, 3.63) is 53.5 Å². The number of aromatic nitrogens is 2. The summed E-state index contributed by atoms with van der Waals surface area (Å²) in [5.41, 5.74) is 5.73. The standard InChI is InChI=1S/C15H14F2N4O2/c16-9-2-1-8(5-10(9)17)14-11(3-4-23-14)20-13-7-19-6-12(21-13)15(18)22/h1-2,5-7,11,14H,3-4H2,(H2,18,22)(H,20,21). The number of anilines is 1. The average Bonchev–Trinajstić information content (AvgIpc) is 2.98. The number of hydrogen-bond donors (Lipinski definition) is 2. The highest BCUT2D eigenvalue weighted by molar-refractivity contribution is 5.90.